The first-order chi connectivity index (χ1) is 5.65. The van der Waals surface area contributed by atoms with Crippen LogP contribution >= 0.6 is 0 Å². The van der Waals surface area contributed by atoms with Gasteiger partial charge in [-0.1, -0.05) is 18.2 Å². The van der Waals surface area contributed by atoms with Crippen LogP contribution in [0.25, 0.3) is 5.57 Å². The lowest BCUT2D eigenvalue weighted by molar-refractivity contribution is 0.414. The molecule has 1 heteroatoms. The molecular formula is C11H14O. The van der Waals surface area contributed by atoms with Gasteiger partial charge in [-0.2, -0.15) is 0 Å². The van der Waals surface area contributed by atoms with Crippen LogP contribution in [0.5, 0.6) is 5.75 Å². The van der Waals surface area contributed by atoms with Crippen molar-refractivity contribution in [3.05, 3.63) is 35.9 Å². The van der Waals surface area contributed by atoms with Gasteiger partial charge < -0.3 is 4.74 Å². The number of allylic oxidation sites excluding steroid dienone is 1. The first-order valence-electron chi connectivity index (χ1n) is 3.95. The molecule has 0 atom stereocenters. The van der Waals surface area contributed by atoms with E-state index in [4.69, 9.17) is 4.74 Å². The zero-order valence-electron chi connectivity index (χ0n) is 7.85. The number of rotatable bonds is 2. The van der Waals surface area contributed by atoms with Gasteiger partial charge in [0.15, 0.2) is 0 Å². The molecule has 0 aliphatic rings. The summed E-state index contributed by atoms with van der Waals surface area (Å²) < 4.78 is 5.10. The van der Waals surface area contributed by atoms with Crippen molar-refractivity contribution in [3.8, 4) is 5.75 Å². The van der Waals surface area contributed by atoms with Gasteiger partial charge in [0, 0.05) is 0 Å². The van der Waals surface area contributed by atoms with Crippen LogP contribution in [0, 0.1) is 6.92 Å². The van der Waals surface area contributed by atoms with Crippen LogP contribution in [-0.4, -0.2) is 7.11 Å². The van der Waals surface area contributed by atoms with Crippen LogP contribution in [0.2, 0.25) is 0 Å². The zero-order chi connectivity index (χ0) is 9.14. The molecular weight excluding hydrogens is 148 g/mol. The predicted molar refractivity (Wildman–Crippen MR) is 52.4 cm³/mol. The summed E-state index contributed by atoms with van der Waals surface area (Å²) in [5.74, 6) is 0.900. The van der Waals surface area contributed by atoms with Crippen molar-refractivity contribution < 1.29 is 4.74 Å². The topological polar surface area (TPSA) is 9.23 Å². The molecule has 0 radical (unpaired) electrons. The molecule has 0 spiro atoms. The smallest absolute Gasteiger partial charge is 0.119 e. The van der Waals surface area contributed by atoms with E-state index in [1.54, 1.807) is 7.11 Å². The van der Waals surface area contributed by atoms with E-state index in [9.17, 15) is 0 Å². The van der Waals surface area contributed by atoms with Crippen molar-refractivity contribution in [1.29, 1.82) is 0 Å². The lowest BCUT2D eigenvalue weighted by Gasteiger charge is -2.06. The van der Waals surface area contributed by atoms with Gasteiger partial charge in [0.2, 0.25) is 0 Å². The highest BCUT2D eigenvalue weighted by Gasteiger charge is 1.99. The molecule has 0 unspecified atom stereocenters. The normalized spacial score (nSPS) is 9.58. The summed E-state index contributed by atoms with van der Waals surface area (Å²) in [7, 11) is 1.68. The van der Waals surface area contributed by atoms with Crippen LogP contribution in [0.15, 0.2) is 24.8 Å². The minimum atomic E-state index is 0.900. The van der Waals surface area contributed by atoms with Gasteiger partial charge in [-0.3, -0.25) is 0 Å². The number of aryl methyl sites for hydroxylation is 1. The number of hydrogen-bond acceptors (Lipinski definition) is 1. The lowest BCUT2D eigenvalue weighted by Crippen LogP contribution is -1.87. The quantitative estimate of drug-likeness (QED) is 0.649. The zero-order valence-corrected chi connectivity index (χ0v) is 7.85. The van der Waals surface area contributed by atoms with E-state index in [0.717, 1.165) is 11.3 Å². The Kier molecular flexibility index (Phi) is 2.54. The summed E-state index contributed by atoms with van der Waals surface area (Å²) in [6.45, 7) is 7.97. The van der Waals surface area contributed by atoms with E-state index < -0.39 is 0 Å². The van der Waals surface area contributed by atoms with Crippen LogP contribution in [0.1, 0.15) is 18.1 Å². The second-order valence-electron chi connectivity index (χ2n) is 2.96. The van der Waals surface area contributed by atoms with Crippen LogP contribution in [-0.2, 0) is 0 Å². The van der Waals surface area contributed by atoms with E-state index in [0.29, 0.717) is 0 Å². The molecule has 0 N–H and O–H groups in total. The highest BCUT2D eigenvalue weighted by molar-refractivity contribution is 5.65. The average molecular weight is 162 g/mol. The van der Waals surface area contributed by atoms with Gasteiger partial charge in [-0.25, -0.2) is 0 Å². The second-order valence-corrected chi connectivity index (χ2v) is 2.96. The third kappa shape index (κ3) is 1.67. The van der Waals surface area contributed by atoms with Gasteiger partial charge in [-0.15, -0.1) is 0 Å². The van der Waals surface area contributed by atoms with E-state index in [1.165, 1.54) is 11.1 Å². The molecule has 0 aliphatic carbocycles. The summed E-state index contributed by atoms with van der Waals surface area (Å²) in [6, 6.07) is 6.01. The summed E-state index contributed by atoms with van der Waals surface area (Å²) in [5.41, 5.74) is 3.51. The third-order valence-electron chi connectivity index (χ3n) is 1.89. The van der Waals surface area contributed by atoms with E-state index in [1.807, 2.05) is 25.1 Å². The average Bonchev–Trinajstić information content (AvgIpc) is 2.03. The van der Waals surface area contributed by atoms with Gasteiger partial charge >= 0.3 is 0 Å². The first kappa shape index (κ1) is 8.85. The fraction of sp³-hybridized carbons (Fsp3) is 0.273. The SMILES string of the molecule is C=C(C)c1ccc(OC)cc1C. The molecule has 0 amide bonds. The number of benzene rings is 1. The Balaban J connectivity index is 3.12. The molecule has 0 aliphatic heterocycles. The summed E-state index contributed by atoms with van der Waals surface area (Å²) in [5, 5.41) is 0. The highest BCUT2D eigenvalue weighted by atomic mass is 16.5. The maximum absolute atomic E-state index is 5.10. The fourth-order valence-electron chi connectivity index (χ4n) is 1.24. The van der Waals surface area contributed by atoms with Gasteiger partial charge in [0.1, 0.15) is 5.75 Å². The second kappa shape index (κ2) is 3.44. The van der Waals surface area contributed by atoms with Crippen LogP contribution in [0.4, 0.5) is 0 Å². The van der Waals surface area contributed by atoms with Crippen molar-refractivity contribution in [1.82, 2.24) is 0 Å². The molecule has 1 rings (SSSR count). The van der Waals surface area contributed by atoms with Crippen LogP contribution < -0.4 is 4.74 Å². The molecule has 1 aromatic rings. The third-order valence-corrected chi connectivity index (χ3v) is 1.89. The number of methoxy groups -OCH3 is 1. The monoisotopic (exact) mass is 162 g/mol. The molecule has 0 aromatic heterocycles. The van der Waals surface area contributed by atoms with Crippen LogP contribution in [0.3, 0.4) is 0 Å². The molecule has 0 saturated carbocycles. The molecule has 0 bridgehead atoms. The summed E-state index contributed by atoms with van der Waals surface area (Å²) >= 11 is 0. The Morgan fingerprint density at radius 2 is 2.08 bits per heavy atom. The fourth-order valence-corrected chi connectivity index (χ4v) is 1.24. The number of ether oxygens (including phenoxy) is 1. The van der Waals surface area contributed by atoms with Crippen molar-refractivity contribution in [2.45, 2.75) is 13.8 Å². The van der Waals surface area contributed by atoms with Crippen molar-refractivity contribution >= 4 is 5.57 Å². The standard InChI is InChI=1S/C11H14O/c1-8(2)11-6-5-10(12-4)7-9(11)3/h5-7H,1H2,2-4H3. The summed E-state index contributed by atoms with van der Waals surface area (Å²) in [6.07, 6.45) is 0. The highest BCUT2D eigenvalue weighted by Crippen LogP contribution is 2.21. The Morgan fingerprint density at radius 1 is 1.42 bits per heavy atom. The maximum Gasteiger partial charge on any atom is 0.119 e. The molecule has 1 nitrogen and oxygen atoms in total. The van der Waals surface area contributed by atoms with E-state index in [-0.39, 0.29) is 0 Å². The van der Waals surface area contributed by atoms with Crippen molar-refractivity contribution in [2.75, 3.05) is 7.11 Å². The molecule has 0 saturated heterocycles. The number of hydrogen-bond donors (Lipinski definition) is 0. The van der Waals surface area contributed by atoms with Crippen molar-refractivity contribution in [3.63, 3.8) is 0 Å². The first-order valence-corrected chi connectivity index (χ1v) is 3.95. The molecule has 0 fully saturated rings. The maximum atomic E-state index is 5.10. The molecule has 64 valence electrons. The molecule has 1 aromatic carbocycles. The minimum Gasteiger partial charge on any atom is -0.497 e. The Bertz CT molecular complexity index is 300. The Labute approximate surface area is 73.7 Å². The van der Waals surface area contributed by atoms with Crippen molar-refractivity contribution in [2.24, 2.45) is 0 Å². The van der Waals surface area contributed by atoms with E-state index >= 15 is 0 Å². The lowest BCUT2D eigenvalue weighted by atomic mass is 10.0. The molecule has 0 heterocycles. The summed E-state index contributed by atoms with van der Waals surface area (Å²) in [4.78, 5) is 0. The largest absolute Gasteiger partial charge is 0.497 e. The predicted octanol–water partition coefficient (Wildman–Crippen LogP) is 3.04. The van der Waals surface area contributed by atoms with Gasteiger partial charge in [-0.05, 0) is 37.1 Å². The Morgan fingerprint density at radius 3 is 2.50 bits per heavy atom. The van der Waals surface area contributed by atoms with E-state index in [2.05, 4.69) is 13.5 Å². The Hall–Kier alpha value is -1.24. The van der Waals surface area contributed by atoms with Gasteiger partial charge in [0.25, 0.3) is 0 Å². The molecule has 12 heavy (non-hydrogen) atoms. The minimum absolute atomic E-state index is 0.900. The van der Waals surface area contributed by atoms with Gasteiger partial charge in [0.05, 0.1) is 7.11 Å².